The molecular weight excluding hydrogens is 250 g/mol. The Hall–Kier alpha value is -0.970. The summed E-state index contributed by atoms with van der Waals surface area (Å²) in [4.78, 5) is 6.68. The predicted molar refractivity (Wildman–Crippen MR) is 79.1 cm³/mol. The van der Waals surface area contributed by atoms with Crippen LogP contribution in [0.25, 0.3) is 0 Å². The number of nitrogens with zero attached hydrogens (tertiary/aromatic N) is 2. The van der Waals surface area contributed by atoms with Crippen molar-refractivity contribution >= 4 is 0 Å². The summed E-state index contributed by atoms with van der Waals surface area (Å²) in [6, 6.07) is 6.04. The Morgan fingerprint density at radius 3 is 2.95 bits per heavy atom. The van der Waals surface area contributed by atoms with Crippen LogP contribution >= 0.6 is 0 Å². The molecule has 20 heavy (non-hydrogen) atoms. The highest BCUT2D eigenvalue weighted by molar-refractivity contribution is 5.21. The summed E-state index contributed by atoms with van der Waals surface area (Å²) in [6.07, 6.45) is 3.29. The number of ether oxygens (including phenoxy) is 1. The van der Waals surface area contributed by atoms with Crippen molar-refractivity contribution in [2.75, 3.05) is 20.2 Å². The van der Waals surface area contributed by atoms with E-state index in [0.717, 1.165) is 31.8 Å². The van der Waals surface area contributed by atoms with Crippen molar-refractivity contribution in [3.8, 4) is 0 Å². The Balaban J connectivity index is 1.68. The molecule has 1 saturated heterocycles. The van der Waals surface area contributed by atoms with Crippen LogP contribution in [-0.4, -0.2) is 41.7 Å². The number of hydrogen-bond acceptors (Lipinski definition) is 4. The number of rotatable bonds is 4. The SMILES string of the molecule is CN(Cc1ccccn1)CC1(N)C2CCOC2C1(C)C. The minimum Gasteiger partial charge on any atom is -0.377 e. The average Bonchev–Trinajstić information content (AvgIpc) is 2.88. The molecule has 0 spiro atoms. The second kappa shape index (κ2) is 4.79. The minimum absolute atomic E-state index is 0.0482. The van der Waals surface area contributed by atoms with Gasteiger partial charge in [0.25, 0.3) is 0 Å². The first-order valence-electron chi connectivity index (χ1n) is 7.44. The number of hydrogen-bond donors (Lipinski definition) is 1. The van der Waals surface area contributed by atoms with Crippen molar-refractivity contribution in [3.63, 3.8) is 0 Å². The molecule has 3 atom stereocenters. The van der Waals surface area contributed by atoms with Crippen molar-refractivity contribution < 1.29 is 4.74 Å². The van der Waals surface area contributed by atoms with Crippen LogP contribution in [0.3, 0.4) is 0 Å². The van der Waals surface area contributed by atoms with E-state index in [-0.39, 0.29) is 11.0 Å². The van der Waals surface area contributed by atoms with Gasteiger partial charge in [0.15, 0.2) is 0 Å². The van der Waals surface area contributed by atoms with Crippen molar-refractivity contribution in [1.82, 2.24) is 9.88 Å². The van der Waals surface area contributed by atoms with Crippen LogP contribution in [0.2, 0.25) is 0 Å². The highest BCUT2D eigenvalue weighted by atomic mass is 16.5. The van der Waals surface area contributed by atoms with Gasteiger partial charge in [-0.15, -0.1) is 0 Å². The van der Waals surface area contributed by atoms with Gasteiger partial charge in [0.2, 0.25) is 0 Å². The molecule has 0 amide bonds. The third-order valence-corrected chi connectivity index (χ3v) is 5.35. The molecule has 0 aromatic carbocycles. The maximum absolute atomic E-state index is 6.78. The van der Waals surface area contributed by atoms with Crippen molar-refractivity contribution in [2.24, 2.45) is 17.1 Å². The Bertz CT molecular complexity index is 476. The van der Waals surface area contributed by atoms with Crippen LogP contribution in [0.5, 0.6) is 0 Å². The van der Waals surface area contributed by atoms with Crippen molar-refractivity contribution in [3.05, 3.63) is 30.1 Å². The van der Waals surface area contributed by atoms with E-state index in [2.05, 4.69) is 36.8 Å². The smallest absolute Gasteiger partial charge is 0.0691 e. The van der Waals surface area contributed by atoms with E-state index in [1.54, 1.807) is 0 Å². The second-order valence-electron chi connectivity index (χ2n) is 6.94. The van der Waals surface area contributed by atoms with E-state index >= 15 is 0 Å². The van der Waals surface area contributed by atoms with E-state index in [1.807, 2.05) is 18.3 Å². The lowest BCUT2D eigenvalue weighted by Crippen LogP contribution is -2.77. The van der Waals surface area contributed by atoms with Gasteiger partial charge in [-0.1, -0.05) is 19.9 Å². The minimum atomic E-state index is -0.155. The van der Waals surface area contributed by atoms with Gasteiger partial charge < -0.3 is 10.5 Å². The van der Waals surface area contributed by atoms with Gasteiger partial charge in [0.05, 0.1) is 11.8 Å². The first-order chi connectivity index (χ1) is 9.45. The molecule has 0 bridgehead atoms. The van der Waals surface area contributed by atoms with Gasteiger partial charge in [0, 0.05) is 42.8 Å². The normalized spacial score (nSPS) is 34.9. The van der Waals surface area contributed by atoms with Gasteiger partial charge in [-0.25, -0.2) is 0 Å². The van der Waals surface area contributed by atoms with Crippen molar-refractivity contribution in [1.29, 1.82) is 0 Å². The van der Waals surface area contributed by atoms with E-state index < -0.39 is 0 Å². The molecule has 1 aromatic heterocycles. The largest absolute Gasteiger partial charge is 0.377 e. The highest BCUT2D eigenvalue weighted by Crippen LogP contribution is 2.58. The summed E-state index contributed by atoms with van der Waals surface area (Å²) >= 11 is 0. The lowest BCUT2D eigenvalue weighted by atomic mass is 9.48. The van der Waals surface area contributed by atoms with Gasteiger partial charge >= 0.3 is 0 Å². The fraction of sp³-hybridized carbons (Fsp3) is 0.688. The van der Waals surface area contributed by atoms with Crippen LogP contribution < -0.4 is 5.73 Å². The number of aromatic nitrogens is 1. The molecule has 3 rings (SSSR count). The van der Waals surface area contributed by atoms with E-state index in [1.165, 1.54) is 0 Å². The molecule has 3 unspecified atom stereocenters. The standard InChI is InChI=1S/C16H25N3O/c1-15(2)14-13(7-9-20-14)16(15,17)11-19(3)10-12-6-4-5-8-18-12/h4-6,8,13-14H,7,9-11,17H2,1-3H3. The second-order valence-corrected chi connectivity index (χ2v) is 6.94. The Morgan fingerprint density at radius 1 is 1.45 bits per heavy atom. The molecule has 110 valence electrons. The molecule has 4 nitrogen and oxygen atoms in total. The van der Waals surface area contributed by atoms with Crippen LogP contribution in [0.4, 0.5) is 0 Å². The molecule has 1 aromatic rings. The van der Waals surface area contributed by atoms with Gasteiger partial charge in [-0.2, -0.15) is 0 Å². The monoisotopic (exact) mass is 275 g/mol. The molecule has 1 aliphatic carbocycles. The molecule has 2 aliphatic rings. The lowest BCUT2D eigenvalue weighted by molar-refractivity contribution is -0.162. The van der Waals surface area contributed by atoms with Gasteiger partial charge in [-0.3, -0.25) is 9.88 Å². The third kappa shape index (κ3) is 1.98. The zero-order valence-electron chi connectivity index (χ0n) is 12.7. The lowest BCUT2D eigenvalue weighted by Gasteiger charge is -2.63. The number of fused-ring (bicyclic) bond motifs is 1. The van der Waals surface area contributed by atoms with Crippen LogP contribution in [0, 0.1) is 11.3 Å². The van der Waals surface area contributed by atoms with E-state index in [9.17, 15) is 0 Å². The van der Waals surface area contributed by atoms with Gasteiger partial charge in [-0.05, 0) is 25.6 Å². The zero-order valence-corrected chi connectivity index (χ0v) is 12.7. The molecular formula is C16H25N3O. The summed E-state index contributed by atoms with van der Waals surface area (Å²) < 4.78 is 5.85. The average molecular weight is 275 g/mol. The molecule has 4 heteroatoms. The van der Waals surface area contributed by atoms with Crippen LogP contribution in [0.15, 0.2) is 24.4 Å². The summed E-state index contributed by atoms with van der Waals surface area (Å²) in [6.45, 7) is 7.08. The first-order valence-corrected chi connectivity index (χ1v) is 7.44. The Morgan fingerprint density at radius 2 is 2.25 bits per heavy atom. The van der Waals surface area contributed by atoms with Crippen molar-refractivity contribution in [2.45, 2.75) is 38.5 Å². The summed E-state index contributed by atoms with van der Waals surface area (Å²) in [5.41, 5.74) is 7.76. The number of likely N-dealkylation sites (N-methyl/N-ethyl adjacent to an activating group) is 1. The Labute approximate surface area is 121 Å². The first kappa shape index (κ1) is 14.0. The fourth-order valence-electron chi connectivity index (χ4n) is 4.07. The molecule has 2 heterocycles. The quantitative estimate of drug-likeness (QED) is 0.908. The van der Waals surface area contributed by atoms with Crippen LogP contribution in [-0.2, 0) is 11.3 Å². The molecule has 1 aliphatic heterocycles. The maximum Gasteiger partial charge on any atom is 0.0691 e. The van der Waals surface area contributed by atoms with E-state index in [4.69, 9.17) is 10.5 Å². The predicted octanol–water partition coefficient (Wildman–Crippen LogP) is 1.66. The number of pyridine rings is 1. The Kier molecular flexibility index (Phi) is 3.35. The summed E-state index contributed by atoms with van der Waals surface area (Å²) in [7, 11) is 2.13. The topological polar surface area (TPSA) is 51.4 Å². The highest BCUT2D eigenvalue weighted by Gasteiger charge is 2.67. The fourth-order valence-corrected chi connectivity index (χ4v) is 4.07. The number of nitrogens with two attached hydrogens (primary N) is 1. The zero-order chi connectivity index (χ0) is 14.4. The molecule has 2 fully saturated rings. The van der Waals surface area contributed by atoms with Crippen LogP contribution in [0.1, 0.15) is 26.0 Å². The maximum atomic E-state index is 6.78. The summed E-state index contributed by atoms with van der Waals surface area (Å²) in [5.74, 6) is 0.503. The van der Waals surface area contributed by atoms with E-state index in [0.29, 0.717) is 12.0 Å². The third-order valence-electron chi connectivity index (χ3n) is 5.35. The van der Waals surface area contributed by atoms with Gasteiger partial charge in [0.1, 0.15) is 0 Å². The molecule has 2 N–H and O–H groups in total. The molecule has 1 saturated carbocycles. The summed E-state index contributed by atoms with van der Waals surface area (Å²) in [5, 5.41) is 0. The molecule has 0 radical (unpaired) electrons.